The zero-order valence-electron chi connectivity index (χ0n) is 11.4. The van der Waals surface area contributed by atoms with E-state index in [2.05, 4.69) is 4.84 Å². The number of hydrogen-bond acceptors (Lipinski definition) is 7. The van der Waals surface area contributed by atoms with Crippen molar-refractivity contribution in [2.45, 2.75) is 19.8 Å². The van der Waals surface area contributed by atoms with Gasteiger partial charge in [0, 0.05) is 6.92 Å². The molecule has 0 aromatic heterocycles. The largest absolute Gasteiger partial charge is 0.462 e. The van der Waals surface area contributed by atoms with Crippen LogP contribution in [0.4, 0.5) is 0 Å². The average Bonchev–Trinajstić information content (AvgIpc) is 2.42. The van der Waals surface area contributed by atoms with Crippen molar-refractivity contribution in [2.24, 2.45) is 0 Å². The lowest BCUT2D eigenvalue weighted by Crippen LogP contribution is -2.11. The second-order valence-electron chi connectivity index (χ2n) is 3.99. The Hall–Kier alpha value is -2.64. The molecular formula is C13H15NO7. The van der Waals surface area contributed by atoms with E-state index < -0.39 is 17.0 Å². The van der Waals surface area contributed by atoms with Gasteiger partial charge in [-0.15, -0.1) is 10.1 Å². The molecule has 0 radical (unpaired) electrons. The number of rotatable bonds is 8. The molecule has 1 aromatic rings. The number of para-hydroxylation sites is 1. The normalized spacial score (nSPS) is 9.76. The summed E-state index contributed by atoms with van der Waals surface area (Å²) < 4.78 is 9.90. The molecule has 0 aliphatic carbocycles. The summed E-state index contributed by atoms with van der Waals surface area (Å²) in [6.45, 7) is 1.28. The van der Waals surface area contributed by atoms with E-state index in [1.54, 1.807) is 12.1 Å². The summed E-state index contributed by atoms with van der Waals surface area (Å²) in [5.74, 6) is -1.03. The minimum absolute atomic E-state index is 0.0470. The molecule has 0 amide bonds. The first-order valence-corrected chi connectivity index (χ1v) is 6.22. The Bertz CT molecular complexity index is 515. The van der Waals surface area contributed by atoms with E-state index in [-0.39, 0.29) is 24.5 Å². The number of benzene rings is 1. The van der Waals surface area contributed by atoms with E-state index in [1.807, 2.05) is 0 Å². The van der Waals surface area contributed by atoms with Crippen molar-refractivity contribution in [1.29, 1.82) is 0 Å². The monoisotopic (exact) mass is 297 g/mol. The second kappa shape index (κ2) is 8.51. The van der Waals surface area contributed by atoms with Crippen molar-refractivity contribution in [3.63, 3.8) is 0 Å². The molecule has 0 bridgehead atoms. The van der Waals surface area contributed by atoms with E-state index in [1.165, 1.54) is 19.1 Å². The van der Waals surface area contributed by atoms with Crippen molar-refractivity contribution in [2.75, 3.05) is 13.2 Å². The predicted molar refractivity (Wildman–Crippen MR) is 70.2 cm³/mol. The molecule has 0 aliphatic heterocycles. The van der Waals surface area contributed by atoms with Crippen LogP contribution in [0.2, 0.25) is 0 Å². The molecule has 8 nitrogen and oxygen atoms in total. The minimum Gasteiger partial charge on any atom is -0.462 e. The summed E-state index contributed by atoms with van der Waals surface area (Å²) in [5, 5.41) is 9.03. The van der Waals surface area contributed by atoms with Crippen LogP contribution in [0.3, 0.4) is 0 Å². The summed E-state index contributed by atoms with van der Waals surface area (Å²) in [5.41, 5.74) is 0.147. The molecule has 0 saturated heterocycles. The number of unbranched alkanes of at least 4 members (excludes halogenated alkanes) is 1. The van der Waals surface area contributed by atoms with Crippen LogP contribution in [-0.4, -0.2) is 30.2 Å². The lowest BCUT2D eigenvalue weighted by Gasteiger charge is -2.08. The van der Waals surface area contributed by atoms with Crippen LogP contribution < -0.4 is 4.74 Å². The van der Waals surface area contributed by atoms with Crippen LogP contribution in [0, 0.1) is 10.1 Å². The molecule has 0 saturated carbocycles. The zero-order valence-corrected chi connectivity index (χ0v) is 11.4. The number of carbonyl (C=O) groups is 2. The molecule has 0 unspecified atom stereocenters. The maximum Gasteiger partial charge on any atom is 0.341 e. The molecule has 0 N–H and O–H groups in total. The Balaban J connectivity index is 2.41. The summed E-state index contributed by atoms with van der Waals surface area (Å²) in [6, 6.07) is 6.22. The molecule has 1 rings (SSSR count). The predicted octanol–water partition coefficient (Wildman–Crippen LogP) is 1.76. The molecule has 21 heavy (non-hydrogen) atoms. The van der Waals surface area contributed by atoms with Gasteiger partial charge in [-0.05, 0) is 25.0 Å². The molecule has 8 heteroatoms. The van der Waals surface area contributed by atoms with E-state index >= 15 is 0 Å². The smallest absolute Gasteiger partial charge is 0.341 e. The minimum atomic E-state index is -0.874. The molecule has 114 valence electrons. The van der Waals surface area contributed by atoms with Gasteiger partial charge in [0.05, 0.1) is 13.2 Å². The van der Waals surface area contributed by atoms with Crippen LogP contribution in [-0.2, 0) is 14.4 Å². The Morgan fingerprint density at radius 2 is 1.86 bits per heavy atom. The van der Waals surface area contributed by atoms with Crippen molar-refractivity contribution in [3.8, 4) is 5.75 Å². The highest BCUT2D eigenvalue weighted by atomic mass is 16.9. The summed E-state index contributed by atoms with van der Waals surface area (Å²) in [6.07, 6.45) is 0.815. The third kappa shape index (κ3) is 6.37. The highest BCUT2D eigenvalue weighted by Gasteiger charge is 2.14. The number of ether oxygens (including phenoxy) is 2. The molecule has 0 spiro atoms. The van der Waals surface area contributed by atoms with Crippen molar-refractivity contribution in [1.82, 2.24) is 0 Å². The van der Waals surface area contributed by atoms with Crippen LogP contribution in [0.1, 0.15) is 30.1 Å². The van der Waals surface area contributed by atoms with Crippen LogP contribution in [0.5, 0.6) is 5.75 Å². The molecule has 0 atom stereocenters. The molecule has 0 aliphatic rings. The fourth-order valence-electron chi connectivity index (χ4n) is 1.46. The summed E-state index contributed by atoms with van der Waals surface area (Å²) >= 11 is 0. The number of esters is 2. The number of carbonyl (C=O) groups excluding carboxylic acids is 2. The van der Waals surface area contributed by atoms with Crippen molar-refractivity contribution < 1.29 is 29.0 Å². The van der Waals surface area contributed by atoms with Gasteiger partial charge >= 0.3 is 11.9 Å². The fourth-order valence-corrected chi connectivity index (χ4v) is 1.46. The second-order valence-corrected chi connectivity index (χ2v) is 3.99. The molecule has 1 aromatic carbocycles. The Kier molecular flexibility index (Phi) is 6.66. The highest BCUT2D eigenvalue weighted by molar-refractivity contribution is 5.93. The van der Waals surface area contributed by atoms with Gasteiger partial charge in [0.25, 0.3) is 5.09 Å². The van der Waals surface area contributed by atoms with Gasteiger partial charge in [-0.25, -0.2) is 4.79 Å². The van der Waals surface area contributed by atoms with E-state index in [9.17, 15) is 19.7 Å². The topological polar surface area (TPSA) is 105 Å². The Morgan fingerprint density at radius 1 is 1.19 bits per heavy atom. The lowest BCUT2D eigenvalue weighted by molar-refractivity contribution is -0.757. The highest BCUT2D eigenvalue weighted by Crippen LogP contribution is 2.19. The molecule has 0 fully saturated rings. The average molecular weight is 297 g/mol. The van der Waals surface area contributed by atoms with Gasteiger partial charge in [-0.1, -0.05) is 12.1 Å². The van der Waals surface area contributed by atoms with Gasteiger partial charge in [0.15, 0.2) is 0 Å². The van der Waals surface area contributed by atoms with Gasteiger partial charge in [0.2, 0.25) is 0 Å². The third-order valence-corrected chi connectivity index (χ3v) is 2.33. The van der Waals surface area contributed by atoms with Crippen molar-refractivity contribution >= 4 is 11.9 Å². The standard InChI is InChI=1S/C13H15NO7/c1-10(15)21-12-7-3-2-6-11(12)13(16)19-8-4-5-9-20-14(17)18/h2-3,6-7H,4-5,8-9H2,1H3. The van der Waals surface area contributed by atoms with Crippen LogP contribution in [0.25, 0.3) is 0 Å². The quantitative estimate of drug-likeness (QED) is 0.236. The Labute approximate surface area is 120 Å². The van der Waals surface area contributed by atoms with Crippen LogP contribution in [0.15, 0.2) is 24.3 Å². The SMILES string of the molecule is CC(=O)Oc1ccccc1C(=O)OCCCCO[N+](=O)[O-]. The maximum absolute atomic E-state index is 11.8. The number of nitrogens with zero attached hydrogens (tertiary/aromatic N) is 1. The first-order valence-electron chi connectivity index (χ1n) is 6.22. The van der Waals surface area contributed by atoms with Gasteiger partial charge in [0.1, 0.15) is 11.3 Å². The van der Waals surface area contributed by atoms with Crippen molar-refractivity contribution in [3.05, 3.63) is 39.9 Å². The fraction of sp³-hybridized carbons (Fsp3) is 0.385. The Morgan fingerprint density at radius 3 is 2.52 bits per heavy atom. The first kappa shape index (κ1) is 16.4. The van der Waals surface area contributed by atoms with Gasteiger partial charge in [-0.2, -0.15) is 0 Å². The van der Waals surface area contributed by atoms with E-state index in [0.717, 1.165) is 0 Å². The maximum atomic E-state index is 11.8. The molecular weight excluding hydrogens is 282 g/mol. The number of hydrogen-bond donors (Lipinski definition) is 0. The summed E-state index contributed by atoms with van der Waals surface area (Å²) in [4.78, 5) is 36.8. The van der Waals surface area contributed by atoms with E-state index in [0.29, 0.717) is 12.8 Å². The zero-order chi connectivity index (χ0) is 15.7. The van der Waals surface area contributed by atoms with Gasteiger partial charge in [-0.3, -0.25) is 4.79 Å². The van der Waals surface area contributed by atoms with Gasteiger partial charge < -0.3 is 14.3 Å². The third-order valence-electron chi connectivity index (χ3n) is 2.33. The van der Waals surface area contributed by atoms with E-state index in [4.69, 9.17) is 9.47 Å². The van der Waals surface area contributed by atoms with Crippen LogP contribution >= 0.6 is 0 Å². The summed E-state index contributed by atoms with van der Waals surface area (Å²) in [7, 11) is 0. The molecule has 0 heterocycles. The lowest BCUT2D eigenvalue weighted by atomic mass is 10.2. The first-order chi connectivity index (χ1) is 10.0.